The van der Waals surface area contributed by atoms with Crippen molar-refractivity contribution < 1.29 is 9.53 Å². The number of hydrogen-bond acceptors (Lipinski definition) is 2. The molecule has 0 radical (unpaired) electrons. The van der Waals surface area contributed by atoms with Crippen molar-refractivity contribution >= 4 is 38.6 Å². The maximum Gasteiger partial charge on any atom is 0.232 e. The molecule has 0 fully saturated rings. The molecule has 0 aromatic heterocycles. The quantitative estimate of drug-likeness (QED) is 0.562. The lowest BCUT2D eigenvalue weighted by molar-refractivity contribution is 0.101. The predicted molar refractivity (Wildman–Crippen MR) is 91.0 cm³/mol. The molecule has 0 aliphatic carbocycles. The first-order valence-corrected chi connectivity index (χ1v) is 7.73. The van der Waals surface area contributed by atoms with Gasteiger partial charge in [-0.2, -0.15) is 0 Å². The summed E-state index contributed by atoms with van der Waals surface area (Å²) in [6.07, 6.45) is 1.82. The second-order valence-electron chi connectivity index (χ2n) is 5.15. The number of Topliss-reactive ketones (excluding diaryl/α,β-unsaturated/α-hetero) is 1. The van der Waals surface area contributed by atoms with Gasteiger partial charge in [-0.3, -0.25) is 4.79 Å². The third-order valence-electron chi connectivity index (χ3n) is 3.74. The van der Waals surface area contributed by atoms with Gasteiger partial charge < -0.3 is 4.74 Å². The van der Waals surface area contributed by atoms with Crippen LogP contribution in [-0.2, 0) is 0 Å². The number of halogens is 1. The Morgan fingerprint density at radius 1 is 0.955 bits per heavy atom. The molecule has 0 unspecified atom stereocenters. The van der Waals surface area contributed by atoms with Gasteiger partial charge in [-0.15, -0.1) is 0 Å². The Kier molecular flexibility index (Phi) is 3.09. The highest BCUT2D eigenvalue weighted by Gasteiger charge is 2.27. The molecule has 22 heavy (non-hydrogen) atoms. The number of fused-ring (bicyclic) bond motifs is 2. The zero-order valence-electron chi connectivity index (χ0n) is 11.5. The predicted octanol–water partition coefficient (Wildman–Crippen LogP) is 5.22. The van der Waals surface area contributed by atoms with E-state index in [1.165, 1.54) is 0 Å². The normalized spacial score (nSPS) is 15.1. The summed E-state index contributed by atoms with van der Waals surface area (Å²) in [6.45, 7) is 0. The van der Waals surface area contributed by atoms with E-state index in [9.17, 15) is 4.79 Å². The van der Waals surface area contributed by atoms with Crippen LogP contribution in [0.2, 0.25) is 0 Å². The fraction of sp³-hybridized carbons (Fsp3) is 0. The smallest absolute Gasteiger partial charge is 0.232 e. The minimum Gasteiger partial charge on any atom is -0.452 e. The third-order valence-corrected chi connectivity index (χ3v) is 4.23. The van der Waals surface area contributed by atoms with Crippen LogP contribution < -0.4 is 4.74 Å². The molecule has 0 spiro atoms. The number of carbonyl (C=O) groups excluding carboxylic acids is 1. The summed E-state index contributed by atoms with van der Waals surface area (Å²) in [5, 5.41) is 2.24. The first-order valence-electron chi connectivity index (χ1n) is 6.94. The number of ether oxygens (including phenoxy) is 1. The largest absolute Gasteiger partial charge is 0.452 e. The Hall–Kier alpha value is -2.39. The van der Waals surface area contributed by atoms with Crippen molar-refractivity contribution in [3.63, 3.8) is 0 Å². The van der Waals surface area contributed by atoms with E-state index in [-0.39, 0.29) is 5.78 Å². The molecule has 3 aromatic rings. The van der Waals surface area contributed by atoms with Crippen molar-refractivity contribution in [1.29, 1.82) is 0 Å². The standard InChI is InChI=1S/C19H11BrO2/c20-14-8-9-17-16(11-14)19(21)18(22-17)10-13-6-3-5-12-4-1-2-7-15(12)13/h1-11H/b18-10-. The van der Waals surface area contributed by atoms with Crippen LogP contribution in [-0.4, -0.2) is 5.78 Å². The summed E-state index contributed by atoms with van der Waals surface area (Å²) in [6, 6.07) is 19.6. The minimum absolute atomic E-state index is 0.0794. The fourth-order valence-corrected chi connectivity index (χ4v) is 3.04. The second kappa shape index (κ2) is 5.11. The van der Waals surface area contributed by atoms with Crippen molar-refractivity contribution in [2.45, 2.75) is 0 Å². The zero-order chi connectivity index (χ0) is 15.1. The Labute approximate surface area is 136 Å². The molecule has 4 rings (SSSR count). The van der Waals surface area contributed by atoms with Gasteiger partial charge in [0.15, 0.2) is 5.76 Å². The average molecular weight is 351 g/mol. The maximum absolute atomic E-state index is 12.5. The first kappa shape index (κ1) is 13.3. The molecule has 2 nitrogen and oxygen atoms in total. The lowest BCUT2D eigenvalue weighted by atomic mass is 10.0. The molecule has 3 aromatic carbocycles. The average Bonchev–Trinajstić information content (AvgIpc) is 2.84. The molecule has 0 amide bonds. The van der Waals surface area contributed by atoms with Gasteiger partial charge in [0.1, 0.15) is 5.75 Å². The summed E-state index contributed by atoms with van der Waals surface area (Å²) in [4.78, 5) is 12.5. The zero-order valence-corrected chi connectivity index (χ0v) is 13.1. The van der Waals surface area contributed by atoms with Gasteiger partial charge >= 0.3 is 0 Å². The van der Waals surface area contributed by atoms with E-state index in [0.29, 0.717) is 17.1 Å². The van der Waals surface area contributed by atoms with Gasteiger partial charge in [0, 0.05) is 4.47 Å². The number of benzene rings is 3. The second-order valence-corrected chi connectivity index (χ2v) is 6.06. The highest BCUT2D eigenvalue weighted by molar-refractivity contribution is 9.10. The Morgan fingerprint density at radius 2 is 1.77 bits per heavy atom. The SMILES string of the molecule is O=C1/C(=C/c2cccc3ccccc23)Oc2ccc(Br)cc21. The molecule has 0 atom stereocenters. The van der Waals surface area contributed by atoms with Crippen molar-refractivity contribution in [2.75, 3.05) is 0 Å². The van der Waals surface area contributed by atoms with Crippen LogP contribution in [0.15, 0.2) is 70.9 Å². The topological polar surface area (TPSA) is 26.3 Å². The van der Waals surface area contributed by atoms with Gasteiger partial charge in [0.2, 0.25) is 5.78 Å². The van der Waals surface area contributed by atoms with E-state index in [0.717, 1.165) is 20.8 Å². The Morgan fingerprint density at radius 3 is 2.68 bits per heavy atom. The van der Waals surface area contributed by atoms with E-state index in [4.69, 9.17) is 4.74 Å². The van der Waals surface area contributed by atoms with Crippen molar-refractivity contribution in [1.82, 2.24) is 0 Å². The highest BCUT2D eigenvalue weighted by atomic mass is 79.9. The molecule has 0 saturated carbocycles. The number of allylic oxidation sites excluding steroid dienone is 1. The number of carbonyl (C=O) groups is 1. The lowest BCUT2D eigenvalue weighted by Crippen LogP contribution is -1.98. The van der Waals surface area contributed by atoms with Gasteiger partial charge in [0.05, 0.1) is 5.56 Å². The lowest BCUT2D eigenvalue weighted by Gasteiger charge is -2.03. The van der Waals surface area contributed by atoms with Crippen LogP contribution in [0.3, 0.4) is 0 Å². The van der Waals surface area contributed by atoms with E-state index in [1.807, 2.05) is 42.5 Å². The molecular formula is C19H11BrO2. The van der Waals surface area contributed by atoms with Gasteiger partial charge in [0.25, 0.3) is 0 Å². The molecule has 1 aliphatic heterocycles. The first-order chi connectivity index (χ1) is 10.7. The molecule has 1 heterocycles. The van der Waals surface area contributed by atoms with Crippen LogP contribution in [0.5, 0.6) is 5.75 Å². The molecule has 3 heteroatoms. The number of ketones is 1. The van der Waals surface area contributed by atoms with Crippen LogP contribution in [0, 0.1) is 0 Å². The van der Waals surface area contributed by atoms with Gasteiger partial charge in [-0.1, -0.05) is 58.4 Å². The molecule has 0 saturated heterocycles. The van der Waals surface area contributed by atoms with E-state index < -0.39 is 0 Å². The maximum atomic E-state index is 12.5. The van der Waals surface area contributed by atoms with Crippen LogP contribution in [0.1, 0.15) is 15.9 Å². The van der Waals surface area contributed by atoms with Gasteiger partial charge in [-0.05, 0) is 40.6 Å². The highest BCUT2D eigenvalue weighted by Crippen LogP contribution is 2.34. The van der Waals surface area contributed by atoms with E-state index >= 15 is 0 Å². The monoisotopic (exact) mass is 350 g/mol. The number of hydrogen-bond donors (Lipinski definition) is 0. The van der Waals surface area contributed by atoms with Crippen molar-refractivity contribution in [2.24, 2.45) is 0 Å². The fourth-order valence-electron chi connectivity index (χ4n) is 2.68. The van der Waals surface area contributed by atoms with Crippen LogP contribution in [0.25, 0.3) is 16.8 Å². The van der Waals surface area contributed by atoms with Crippen LogP contribution in [0.4, 0.5) is 0 Å². The van der Waals surface area contributed by atoms with E-state index in [1.54, 1.807) is 12.1 Å². The number of rotatable bonds is 1. The van der Waals surface area contributed by atoms with E-state index in [2.05, 4.69) is 28.1 Å². The molecule has 1 aliphatic rings. The van der Waals surface area contributed by atoms with Gasteiger partial charge in [-0.25, -0.2) is 0 Å². The minimum atomic E-state index is -0.0794. The van der Waals surface area contributed by atoms with Crippen molar-refractivity contribution in [3.8, 4) is 5.75 Å². The summed E-state index contributed by atoms with van der Waals surface area (Å²) in [7, 11) is 0. The summed E-state index contributed by atoms with van der Waals surface area (Å²) >= 11 is 3.38. The van der Waals surface area contributed by atoms with Crippen LogP contribution >= 0.6 is 15.9 Å². The molecule has 0 N–H and O–H groups in total. The molecule has 0 bridgehead atoms. The third kappa shape index (κ3) is 2.14. The molecular weight excluding hydrogens is 340 g/mol. The Bertz CT molecular complexity index is 936. The summed E-state index contributed by atoms with van der Waals surface area (Å²) in [5.41, 5.74) is 1.58. The molecule has 106 valence electrons. The summed E-state index contributed by atoms with van der Waals surface area (Å²) < 4.78 is 6.59. The van der Waals surface area contributed by atoms with Crippen molar-refractivity contribution in [3.05, 3.63) is 82.0 Å². The Balaban J connectivity index is 1.83. The summed E-state index contributed by atoms with van der Waals surface area (Å²) in [5.74, 6) is 0.897.